The van der Waals surface area contributed by atoms with E-state index in [2.05, 4.69) is 17.2 Å². The molecule has 4 heteroatoms. The van der Waals surface area contributed by atoms with Gasteiger partial charge in [-0.25, -0.2) is 9.37 Å². The summed E-state index contributed by atoms with van der Waals surface area (Å²) in [6, 6.07) is 6.75. The molecule has 0 aliphatic rings. The molecule has 102 valence electrons. The number of oxazole rings is 1. The highest BCUT2D eigenvalue weighted by Crippen LogP contribution is 2.22. The van der Waals surface area contributed by atoms with E-state index in [0.29, 0.717) is 5.89 Å². The summed E-state index contributed by atoms with van der Waals surface area (Å²) >= 11 is 0. The Balaban J connectivity index is 2.11. The summed E-state index contributed by atoms with van der Waals surface area (Å²) in [6.07, 6.45) is 2.57. The van der Waals surface area contributed by atoms with Gasteiger partial charge in [0.25, 0.3) is 0 Å². The third-order valence-corrected chi connectivity index (χ3v) is 3.12. The van der Waals surface area contributed by atoms with Crippen LogP contribution < -0.4 is 5.32 Å². The topological polar surface area (TPSA) is 38.1 Å². The lowest BCUT2D eigenvalue weighted by atomic mass is 10.0. The van der Waals surface area contributed by atoms with Gasteiger partial charge in [0.15, 0.2) is 0 Å². The summed E-state index contributed by atoms with van der Waals surface area (Å²) in [5, 5.41) is 3.42. The molecule has 1 aromatic carbocycles. The molecule has 1 aromatic heterocycles. The van der Waals surface area contributed by atoms with Crippen LogP contribution in [0.3, 0.4) is 0 Å². The second kappa shape index (κ2) is 5.97. The van der Waals surface area contributed by atoms with Crippen molar-refractivity contribution in [2.45, 2.75) is 39.3 Å². The van der Waals surface area contributed by atoms with E-state index in [0.717, 1.165) is 17.7 Å². The van der Waals surface area contributed by atoms with Crippen LogP contribution >= 0.6 is 0 Å². The Labute approximate surface area is 112 Å². The van der Waals surface area contributed by atoms with Crippen molar-refractivity contribution in [1.29, 1.82) is 0 Å². The largest absolute Gasteiger partial charge is 0.444 e. The highest BCUT2D eigenvalue weighted by Gasteiger charge is 2.17. The van der Waals surface area contributed by atoms with Crippen molar-refractivity contribution in [2.24, 2.45) is 0 Å². The van der Waals surface area contributed by atoms with Crippen LogP contribution in [0.2, 0.25) is 0 Å². The first-order chi connectivity index (χ1) is 9.10. The van der Waals surface area contributed by atoms with Gasteiger partial charge in [0.2, 0.25) is 5.89 Å². The summed E-state index contributed by atoms with van der Waals surface area (Å²) < 4.78 is 18.8. The van der Waals surface area contributed by atoms with Crippen molar-refractivity contribution < 1.29 is 8.81 Å². The highest BCUT2D eigenvalue weighted by molar-refractivity contribution is 5.20. The van der Waals surface area contributed by atoms with Crippen LogP contribution in [0.1, 0.15) is 49.6 Å². The Morgan fingerprint density at radius 3 is 2.79 bits per heavy atom. The van der Waals surface area contributed by atoms with Crippen molar-refractivity contribution in [1.82, 2.24) is 10.3 Å². The van der Waals surface area contributed by atoms with Gasteiger partial charge in [-0.2, -0.15) is 0 Å². The Bertz CT molecular complexity index is 538. The van der Waals surface area contributed by atoms with Crippen molar-refractivity contribution in [3.8, 4) is 0 Å². The second-order valence-electron chi connectivity index (χ2n) is 4.71. The fourth-order valence-electron chi connectivity index (χ4n) is 2.12. The molecule has 2 aromatic rings. The van der Waals surface area contributed by atoms with Gasteiger partial charge in [-0.3, -0.25) is 5.32 Å². The van der Waals surface area contributed by atoms with Gasteiger partial charge in [0.1, 0.15) is 11.6 Å². The summed E-state index contributed by atoms with van der Waals surface area (Å²) in [4.78, 5) is 4.21. The molecule has 19 heavy (non-hydrogen) atoms. The lowest BCUT2D eigenvalue weighted by Gasteiger charge is -2.21. The van der Waals surface area contributed by atoms with Gasteiger partial charge in [0.05, 0.1) is 12.2 Å². The maximum atomic E-state index is 13.3. The minimum absolute atomic E-state index is 0.0121. The van der Waals surface area contributed by atoms with Crippen LogP contribution in [0, 0.1) is 12.7 Å². The number of benzene rings is 1. The van der Waals surface area contributed by atoms with Crippen LogP contribution in [-0.4, -0.2) is 4.98 Å². The van der Waals surface area contributed by atoms with E-state index in [1.807, 2.05) is 19.9 Å². The molecular weight excluding hydrogens is 243 g/mol. The van der Waals surface area contributed by atoms with Gasteiger partial charge in [-0.1, -0.05) is 19.1 Å². The quantitative estimate of drug-likeness (QED) is 0.887. The first-order valence-corrected chi connectivity index (χ1v) is 6.54. The number of halogens is 1. The molecule has 0 radical (unpaired) electrons. The Morgan fingerprint density at radius 2 is 2.21 bits per heavy atom. The molecule has 0 saturated heterocycles. The predicted molar refractivity (Wildman–Crippen MR) is 72.2 cm³/mol. The fraction of sp³-hybridized carbons (Fsp3) is 0.400. The average Bonchev–Trinajstić information content (AvgIpc) is 2.82. The molecule has 1 heterocycles. The molecule has 2 unspecified atom stereocenters. The normalized spacial score (nSPS) is 14.3. The summed E-state index contributed by atoms with van der Waals surface area (Å²) in [5.74, 6) is 1.24. The number of rotatable bonds is 5. The van der Waals surface area contributed by atoms with Gasteiger partial charge < -0.3 is 4.42 Å². The second-order valence-corrected chi connectivity index (χ2v) is 4.71. The monoisotopic (exact) mass is 262 g/mol. The zero-order valence-electron chi connectivity index (χ0n) is 11.5. The minimum Gasteiger partial charge on any atom is -0.444 e. The van der Waals surface area contributed by atoms with Crippen molar-refractivity contribution >= 4 is 0 Å². The highest BCUT2D eigenvalue weighted by atomic mass is 19.1. The molecule has 0 amide bonds. The Hall–Kier alpha value is -1.68. The van der Waals surface area contributed by atoms with Crippen LogP contribution in [0.4, 0.5) is 4.39 Å². The Kier molecular flexibility index (Phi) is 4.32. The van der Waals surface area contributed by atoms with Crippen molar-refractivity contribution in [2.75, 3.05) is 0 Å². The number of aryl methyl sites for hydroxylation is 1. The molecule has 0 spiro atoms. The SMILES string of the molecule is CCC(NC(C)c1ncc(C)o1)c1cccc(F)c1. The molecule has 0 saturated carbocycles. The van der Waals surface area contributed by atoms with E-state index in [-0.39, 0.29) is 17.9 Å². The van der Waals surface area contributed by atoms with E-state index in [4.69, 9.17) is 4.42 Å². The van der Waals surface area contributed by atoms with E-state index >= 15 is 0 Å². The first-order valence-electron chi connectivity index (χ1n) is 6.54. The third-order valence-electron chi connectivity index (χ3n) is 3.12. The predicted octanol–water partition coefficient (Wildman–Crippen LogP) is 3.92. The fourth-order valence-corrected chi connectivity index (χ4v) is 2.12. The van der Waals surface area contributed by atoms with Gasteiger partial charge in [0, 0.05) is 6.04 Å². The minimum atomic E-state index is -0.211. The van der Waals surface area contributed by atoms with Crippen molar-refractivity contribution in [3.63, 3.8) is 0 Å². The molecule has 2 rings (SSSR count). The molecule has 2 atom stereocenters. The molecule has 1 N–H and O–H groups in total. The average molecular weight is 262 g/mol. The lowest BCUT2D eigenvalue weighted by Crippen LogP contribution is -2.24. The zero-order valence-corrected chi connectivity index (χ0v) is 11.5. The first kappa shape index (κ1) is 13.7. The molecule has 0 aliphatic carbocycles. The molecular formula is C15H19FN2O. The van der Waals surface area contributed by atoms with Crippen LogP contribution in [0.5, 0.6) is 0 Å². The molecule has 0 aliphatic heterocycles. The number of nitrogens with zero attached hydrogens (tertiary/aromatic N) is 1. The van der Waals surface area contributed by atoms with Crippen molar-refractivity contribution in [3.05, 3.63) is 53.5 Å². The number of hydrogen-bond donors (Lipinski definition) is 1. The van der Waals surface area contributed by atoms with E-state index < -0.39 is 0 Å². The lowest BCUT2D eigenvalue weighted by molar-refractivity contribution is 0.367. The standard InChI is InChI=1S/C15H19FN2O/c1-4-14(12-6-5-7-13(16)8-12)18-11(3)15-17-9-10(2)19-15/h5-9,11,14,18H,4H2,1-3H3. The Morgan fingerprint density at radius 1 is 1.42 bits per heavy atom. The maximum absolute atomic E-state index is 13.3. The molecule has 0 fully saturated rings. The van der Waals surface area contributed by atoms with Crippen LogP contribution in [0.25, 0.3) is 0 Å². The zero-order chi connectivity index (χ0) is 13.8. The molecule has 3 nitrogen and oxygen atoms in total. The van der Waals surface area contributed by atoms with Gasteiger partial charge in [-0.05, 0) is 38.0 Å². The van der Waals surface area contributed by atoms with Gasteiger partial charge in [-0.15, -0.1) is 0 Å². The number of hydrogen-bond acceptors (Lipinski definition) is 3. The maximum Gasteiger partial charge on any atom is 0.211 e. The molecule has 0 bridgehead atoms. The van der Waals surface area contributed by atoms with E-state index in [9.17, 15) is 4.39 Å². The summed E-state index contributed by atoms with van der Waals surface area (Å²) in [5.41, 5.74) is 0.942. The van der Waals surface area contributed by atoms with Crippen LogP contribution in [0.15, 0.2) is 34.9 Å². The van der Waals surface area contributed by atoms with Gasteiger partial charge >= 0.3 is 0 Å². The van der Waals surface area contributed by atoms with Crippen LogP contribution in [-0.2, 0) is 0 Å². The van der Waals surface area contributed by atoms with E-state index in [1.54, 1.807) is 18.3 Å². The summed E-state index contributed by atoms with van der Waals surface area (Å²) in [7, 11) is 0. The van der Waals surface area contributed by atoms with E-state index in [1.165, 1.54) is 6.07 Å². The summed E-state index contributed by atoms with van der Waals surface area (Å²) in [6.45, 7) is 5.93. The number of nitrogens with one attached hydrogen (secondary N) is 1. The third kappa shape index (κ3) is 3.41. The number of aromatic nitrogens is 1. The smallest absolute Gasteiger partial charge is 0.211 e.